The summed E-state index contributed by atoms with van der Waals surface area (Å²) in [6.45, 7) is 6.99. The van der Waals surface area contributed by atoms with E-state index in [-0.39, 0.29) is 12.1 Å². The van der Waals surface area contributed by atoms with Crippen LogP contribution in [0.2, 0.25) is 0 Å². The molecular formula is C20H31N5O2. The fourth-order valence-electron chi connectivity index (χ4n) is 4.62. The standard InChI is InChI=1S/C20H31N5O2/c1-15(2)19(20-21-22-23-25(20)16-7-3-4-8-16)24(13-17-9-5-11-26-17)14-18-10-6-12-27-18/h5,9,11,15-16,18-19H,3-4,6-8,10,12-14H2,1-2H3/t18-,19-/m0/s1. The van der Waals surface area contributed by atoms with Crippen LogP contribution in [0.4, 0.5) is 0 Å². The van der Waals surface area contributed by atoms with Crippen LogP contribution in [0.3, 0.4) is 0 Å². The average molecular weight is 374 g/mol. The highest BCUT2D eigenvalue weighted by Gasteiger charge is 2.34. The molecule has 7 heteroatoms. The normalized spacial score (nSPS) is 22.3. The monoisotopic (exact) mass is 373 g/mol. The number of hydrogen-bond acceptors (Lipinski definition) is 6. The van der Waals surface area contributed by atoms with Gasteiger partial charge in [0.2, 0.25) is 0 Å². The lowest BCUT2D eigenvalue weighted by atomic mass is 10.00. The van der Waals surface area contributed by atoms with Crippen LogP contribution in [0.25, 0.3) is 0 Å². The maximum absolute atomic E-state index is 5.95. The van der Waals surface area contributed by atoms with Gasteiger partial charge in [0, 0.05) is 13.2 Å². The molecule has 1 aliphatic heterocycles. The van der Waals surface area contributed by atoms with Crippen molar-refractivity contribution in [2.24, 2.45) is 5.92 Å². The molecule has 0 spiro atoms. The maximum atomic E-state index is 5.95. The molecule has 1 saturated heterocycles. The lowest BCUT2D eigenvalue weighted by Crippen LogP contribution is -2.39. The van der Waals surface area contributed by atoms with Gasteiger partial charge in [-0.3, -0.25) is 4.90 Å². The summed E-state index contributed by atoms with van der Waals surface area (Å²) < 4.78 is 13.7. The zero-order valence-electron chi connectivity index (χ0n) is 16.5. The molecule has 0 radical (unpaired) electrons. The van der Waals surface area contributed by atoms with Crippen molar-refractivity contribution in [2.45, 2.75) is 77.1 Å². The first-order valence-electron chi connectivity index (χ1n) is 10.4. The van der Waals surface area contributed by atoms with Gasteiger partial charge >= 0.3 is 0 Å². The van der Waals surface area contributed by atoms with E-state index >= 15 is 0 Å². The fraction of sp³-hybridized carbons (Fsp3) is 0.750. The fourth-order valence-corrected chi connectivity index (χ4v) is 4.62. The Kier molecular flexibility index (Phi) is 5.88. The Morgan fingerprint density at radius 3 is 2.74 bits per heavy atom. The summed E-state index contributed by atoms with van der Waals surface area (Å²) in [6.07, 6.45) is 9.16. The molecule has 0 amide bonds. The van der Waals surface area contributed by atoms with E-state index in [2.05, 4.69) is 39.0 Å². The van der Waals surface area contributed by atoms with E-state index in [1.54, 1.807) is 6.26 Å². The SMILES string of the molecule is CC(C)[C@@H](c1nnnn1C1CCCC1)N(Cc1ccco1)C[C@@H]1CCCO1. The quantitative estimate of drug-likeness (QED) is 0.702. The van der Waals surface area contributed by atoms with E-state index in [0.717, 1.165) is 44.1 Å². The van der Waals surface area contributed by atoms with Crippen LogP contribution < -0.4 is 0 Å². The predicted molar refractivity (Wildman–Crippen MR) is 101 cm³/mol. The molecule has 0 N–H and O–H groups in total. The Morgan fingerprint density at radius 2 is 2.07 bits per heavy atom. The van der Waals surface area contributed by atoms with Crippen LogP contribution in [0, 0.1) is 5.92 Å². The van der Waals surface area contributed by atoms with Gasteiger partial charge in [-0.05, 0) is 54.2 Å². The average Bonchev–Trinajstić information content (AvgIpc) is 3.43. The van der Waals surface area contributed by atoms with Crippen LogP contribution in [0.15, 0.2) is 22.8 Å². The van der Waals surface area contributed by atoms with Crippen LogP contribution in [0.5, 0.6) is 0 Å². The van der Waals surface area contributed by atoms with E-state index in [1.165, 1.54) is 25.7 Å². The first-order valence-corrected chi connectivity index (χ1v) is 10.4. The highest BCUT2D eigenvalue weighted by atomic mass is 16.5. The molecule has 148 valence electrons. The van der Waals surface area contributed by atoms with E-state index in [0.29, 0.717) is 12.0 Å². The molecule has 0 aromatic carbocycles. The number of ether oxygens (including phenoxy) is 1. The number of tetrazole rings is 1. The van der Waals surface area contributed by atoms with Crippen molar-refractivity contribution in [3.63, 3.8) is 0 Å². The van der Waals surface area contributed by atoms with Gasteiger partial charge in [0.15, 0.2) is 5.82 Å². The third-order valence-electron chi connectivity index (χ3n) is 5.88. The van der Waals surface area contributed by atoms with Crippen molar-refractivity contribution in [3.8, 4) is 0 Å². The lowest BCUT2D eigenvalue weighted by molar-refractivity contribution is 0.0348. The minimum atomic E-state index is 0.134. The summed E-state index contributed by atoms with van der Waals surface area (Å²) >= 11 is 0. The second-order valence-corrected chi connectivity index (χ2v) is 8.25. The molecule has 2 atom stereocenters. The van der Waals surface area contributed by atoms with E-state index in [1.807, 2.05) is 12.1 Å². The Bertz CT molecular complexity index is 687. The Labute approximate surface area is 161 Å². The van der Waals surface area contributed by atoms with Crippen LogP contribution in [0.1, 0.15) is 76.0 Å². The first-order chi connectivity index (χ1) is 13.2. The molecule has 7 nitrogen and oxygen atoms in total. The van der Waals surface area contributed by atoms with Crippen molar-refractivity contribution in [2.75, 3.05) is 13.2 Å². The van der Waals surface area contributed by atoms with E-state index in [9.17, 15) is 0 Å². The topological polar surface area (TPSA) is 69.2 Å². The zero-order valence-corrected chi connectivity index (χ0v) is 16.5. The minimum Gasteiger partial charge on any atom is -0.468 e. The number of rotatable bonds is 8. The number of furan rings is 1. The molecule has 4 rings (SSSR count). The Hall–Kier alpha value is -1.73. The van der Waals surface area contributed by atoms with E-state index in [4.69, 9.17) is 9.15 Å². The van der Waals surface area contributed by atoms with Gasteiger partial charge in [-0.15, -0.1) is 5.10 Å². The van der Waals surface area contributed by atoms with Gasteiger partial charge in [0.1, 0.15) is 5.76 Å². The minimum absolute atomic E-state index is 0.134. The van der Waals surface area contributed by atoms with Gasteiger partial charge in [0.05, 0.1) is 31.0 Å². The molecule has 2 aliphatic rings. The first kappa shape index (κ1) is 18.6. The van der Waals surface area contributed by atoms with Gasteiger partial charge < -0.3 is 9.15 Å². The molecule has 3 heterocycles. The molecule has 1 aliphatic carbocycles. The molecule has 0 unspecified atom stereocenters. The molecule has 2 fully saturated rings. The number of nitrogens with zero attached hydrogens (tertiary/aromatic N) is 5. The Balaban J connectivity index is 1.62. The van der Waals surface area contributed by atoms with Crippen molar-refractivity contribution < 1.29 is 9.15 Å². The summed E-state index contributed by atoms with van der Waals surface area (Å²) in [5, 5.41) is 12.9. The van der Waals surface area contributed by atoms with Crippen molar-refractivity contribution in [1.82, 2.24) is 25.1 Å². The van der Waals surface area contributed by atoms with Gasteiger partial charge in [-0.1, -0.05) is 26.7 Å². The molecule has 0 bridgehead atoms. The maximum Gasteiger partial charge on any atom is 0.168 e. The highest BCUT2D eigenvalue weighted by molar-refractivity contribution is 5.03. The van der Waals surface area contributed by atoms with E-state index < -0.39 is 0 Å². The third-order valence-corrected chi connectivity index (χ3v) is 5.88. The largest absolute Gasteiger partial charge is 0.468 e. The number of aromatic nitrogens is 4. The summed E-state index contributed by atoms with van der Waals surface area (Å²) in [4.78, 5) is 2.45. The van der Waals surface area contributed by atoms with Gasteiger partial charge in [0.25, 0.3) is 0 Å². The van der Waals surface area contributed by atoms with Gasteiger partial charge in [-0.2, -0.15) is 0 Å². The van der Waals surface area contributed by atoms with Gasteiger partial charge in [-0.25, -0.2) is 4.68 Å². The molecule has 1 saturated carbocycles. The second-order valence-electron chi connectivity index (χ2n) is 8.25. The smallest absolute Gasteiger partial charge is 0.168 e. The lowest BCUT2D eigenvalue weighted by Gasteiger charge is -2.35. The van der Waals surface area contributed by atoms with Crippen molar-refractivity contribution in [1.29, 1.82) is 0 Å². The highest BCUT2D eigenvalue weighted by Crippen LogP contribution is 2.35. The summed E-state index contributed by atoms with van der Waals surface area (Å²) in [7, 11) is 0. The molecule has 2 aromatic heterocycles. The number of hydrogen-bond donors (Lipinski definition) is 0. The Morgan fingerprint density at radius 1 is 1.22 bits per heavy atom. The van der Waals surface area contributed by atoms with Crippen molar-refractivity contribution >= 4 is 0 Å². The molecular weight excluding hydrogens is 342 g/mol. The van der Waals surface area contributed by atoms with Crippen molar-refractivity contribution in [3.05, 3.63) is 30.0 Å². The van der Waals surface area contributed by atoms with Crippen LogP contribution in [-0.2, 0) is 11.3 Å². The molecule has 27 heavy (non-hydrogen) atoms. The van der Waals surface area contributed by atoms with Crippen LogP contribution >= 0.6 is 0 Å². The zero-order chi connectivity index (χ0) is 18.6. The molecule has 2 aromatic rings. The summed E-state index contributed by atoms with van der Waals surface area (Å²) in [6, 6.07) is 4.56. The third kappa shape index (κ3) is 4.24. The van der Waals surface area contributed by atoms with Crippen LogP contribution in [-0.4, -0.2) is 44.4 Å². The summed E-state index contributed by atoms with van der Waals surface area (Å²) in [5.41, 5.74) is 0. The predicted octanol–water partition coefficient (Wildman–Crippen LogP) is 3.76. The summed E-state index contributed by atoms with van der Waals surface area (Å²) in [5.74, 6) is 2.34. The second kappa shape index (κ2) is 8.52.